The first-order valence-corrected chi connectivity index (χ1v) is 5.19. The SMILES string of the molecule is CCC(C)n1c(C)ccc(CC#N)c1=O. The number of aromatic nitrogens is 1. The summed E-state index contributed by atoms with van der Waals surface area (Å²) in [5.74, 6) is 0. The Morgan fingerprint density at radius 3 is 2.73 bits per heavy atom. The van der Waals surface area contributed by atoms with Crippen LogP contribution in [-0.2, 0) is 6.42 Å². The summed E-state index contributed by atoms with van der Waals surface area (Å²) in [6, 6.07) is 5.86. The predicted molar refractivity (Wildman–Crippen MR) is 59.8 cm³/mol. The van der Waals surface area contributed by atoms with Crippen LogP contribution >= 0.6 is 0 Å². The van der Waals surface area contributed by atoms with Crippen LogP contribution in [0.15, 0.2) is 16.9 Å². The highest BCUT2D eigenvalue weighted by Gasteiger charge is 2.10. The minimum Gasteiger partial charge on any atom is -0.310 e. The first kappa shape index (κ1) is 11.5. The third kappa shape index (κ3) is 2.27. The van der Waals surface area contributed by atoms with Crippen LogP contribution in [-0.4, -0.2) is 4.57 Å². The van der Waals surface area contributed by atoms with E-state index in [1.165, 1.54) is 0 Å². The molecule has 0 aliphatic rings. The molecule has 1 heterocycles. The third-order valence-corrected chi connectivity index (χ3v) is 2.70. The van der Waals surface area contributed by atoms with E-state index in [1.807, 2.05) is 32.9 Å². The second-order valence-electron chi connectivity index (χ2n) is 3.77. The fraction of sp³-hybridized carbons (Fsp3) is 0.500. The Balaban J connectivity index is 3.31. The summed E-state index contributed by atoms with van der Waals surface area (Å²) in [4.78, 5) is 12.0. The van der Waals surface area contributed by atoms with Crippen LogP contribution in [0.2, 0.25) is 0 Å². The van der Waals surface area contributed by atoms with Gasteiger partial charge in [-0.25, -0.2) is 0 Å². The lowest BCUT2D eigenvalue weighted by Crippen LogP contribution is -2.27. The molecule has 3 heteroatoms. The predicted octanol–water partition coefficient (Wildman–Crippen LogP) is 2.19. The van der Waals surface area contributed by atoms with Crippen molar-refractivity contribution in [1.29, 1.82) is 5.26 Å². The van der Waals surface area contributed by atoms with Crippen molar-refractivity contribution in [3.63, 3.8) is 0 Å². The average molecular weight is 204 g/mol. The molecular weight excluding hydrogens is 188 g/mol. The Kier molecular flexibility index (Phi) is 3.68. The average Bonchev–Trinajstić information content (AvgIpc) is 2.22. The van der Waals surface area contributed by atoms with E-state index in [-0.39, 0.29) is 18.0 Å². The zero-order valence-corrected chi connectivity index (χ0v) is 9.45. The molecule has 0 amide bonds. The standard InChI is InChI=1S/C12H16N2O/c1-4-9(2)14-10(3)5-6-11(7-8-13)12(14)15/h5-6,9H,4,7H2,1-3H3. The van der Waals surface area contributed by atoms with E-state index in [1.54, 1.807) is 10.6 Å². The van der Waals surface area contributed by atoms with Crippen LogP contribution in [0.5, 0.6) is 0 Å². The Bertz CT molecular complexity index is 440. The minimum atomic E-state index is -0.0223. The second kappa shape index (κ2) is 4.79. The summed E-state index contributed by atoms with van der Waals surface area (Å²) in [5, 5.41) is 8.60. The third-order valence-electron chi connectivity index (χ3n) is 2.70. The Morgan fingerprint density at radius 1 is 1.53 bits per heavy atom. The summed E-state index contributed by atoms with van der Waals surface area (Å²) < 4.78 is 1.77. The van der Waals surface area contributed by atoms with E-state index in [9.17, 15) is 4.79 Å². The van der Waals surface area contributed by atoms with E-state index in [0.29, 0.717) is 5.56 Å². The fourth-order valence-corrected chi connectivity index (χ4v) is 1.64. The molecule has 0 radical (unpaired) electrons. The molecule has 0 saturated heterocycles. The summed E-state index contributed by atoms with van der Waals surface area (Å²) in [6.07, 6.45) is 1.10. The molecule has 0 aliphatic carbocycles. The van der Waals surface area contributed by atoms with Gasteiger partial charge in [-0.2, -0.15) is 5.26 Å². The highest BCUT2D eigenvalue weighted by molar-refractivity contribution is 5.19. The van der Waals surface area contributed by atoms with Crippen molar-refractivity contribution in [2.75, 3.05) is 0 Å². The van der Waals surface area contributed by atoms with Crippen LogP contribution in [0.1, 0.15) is 37.6 Å². The Morgan fingerprint density at radius 2 is 2.20 bits per heavy atom. The van der Waals surface area contributed by atoms with Crippen LogP contribution < -0.4 is 5.56 Å². The van der Waals surface area contributed by atoms with Gasteiger partial charge in [0.25, 0.3) is 5.56 Å². The zero-order chi connectivity index (χ0) is 11.4. The van der Waals surface area contributed by atoms with E-state index in [2.05, 4.69) is 0 Å². The van der Waals surface area contributed by atoms with Gasteiger partial charge in [-0.05, 0) is 26.3 Å². The number of nitriles is 1. The van der Waals surface area contributed by atoms with Gasteiger partial charge in [0, 0.05) is 17.3 Å². The first-order chi connectivity index (χ1) is 7.11. The summed E-state index contributed by atoms with van der Waals surface area (Å²) in [6.45, 7) is 5.99. The summed E-state index contributed by atoms with van der Waals surface area (Å²) in [7, 11) is 0. The minimum absolute atomic E-state index is 0.0223. The van der Waals surface area contributed by atoms with Gasteiger partial charge < -0.3 is 4.57 Å². The number of hydrogen-bond donors (Lipinski definition) is 0. The molecule has 80 valence electrons. The highest BCUT2D eigenvalue weighted by Crippen LogP contribution is 2.10. The fourth-order valence-electron chi connectivity index (χ4n) is 1.64. The molecule has 0 N–H and O–H groups in total. The van der Waals surface area contributed by atoms with E-state index >= 15 is 0 Å². The molecule has 3 nitrogen and oxygen atoms in total. The first-order valence-electron chi connectivity index (χ1n) is 5.19. The van der Waals surface area contributed by atoms with E-state index < -0.39 is 0 Å². The molecule has 15 heavy (non-hydrogen) atoms. The summed E-state index contributed by atoms with van der Waals surface area (Å²) in [5.41, 5.74) is 1.52. The van der Waals surface area contributed by atoms with Gasteiger partial charge in [-0.1, -0.05) is 13.0 Å². The summed E-state index contributed by atoms with van der Waals surface area (Å²) >= 11 is 0. The molecule has 0 spiro atoms. The van der Waals surface area contributed by atoms with Gasteiger partial charge in [-0.15, -0.1) is 0 Å². The van der Waals surface area contributed by atoms with Crippen LogP contribution in [0.3, 0.4) is 0 Å². The highest BCUT2D eigenvalue weighted by atomic mass is 16.1. The zero-order valence-electron chi connectivity index (χ0n) is 9.45. The maximum atomic E-state index is 12.0. The molecule has 0 aromatic carbocycles. The van der Waals surface area contributed by atoms with Crippen LogP contribution in [0, 0.1) is 18.3 Å². The molecule has 1 atom stereocenters. The van der Waals surface area contributed by atoms with E-state index in [4.69, 9.17) is 5.26 Å². The topological polar surface area (TPSA) is 45.8 Å². The molecule has 0 fully saturated rings. The number of aryl methyl sites for hydroxylation is 1. The van der Waals surface area contributed by atoms with Crippen molar-refractivity contribution in [3.8, 4) is 6.07 Å². The maximum Gasteiger partial charge on any atom is 0.255 e. The van der Waals surface area contributed by atoms with Gasteiger partial charge in [0.15, 0.2) is 0 Å². The van der Waals surface area contributed by atoms with Crippen molar-refractivity contribution < 1.29 is 0 Å². The quantitative estimate of drug-likeness (QED) is 0.757. The van der Waals surface area contributed by atoms with Crippen molar-refractivity contribution >= 4 is 0 Å². The van der Waals surface area contributed by atoms with Gasteiger partial charge in [0.1, 0.15) is 0 Å². The number of hydrogen-bond acceptors (Lipinski definition) is 2. The van der Waals surface area contributed by atoms with Crippen LogP contribution in [0.25, 0.3) is 0 Å². The molecule has 0 aliphatic heterocycles. The van der Waals surface area contributed by atoms with Gasteiger partial charge >= 0.3 is 0 Å². The Hall–Kier alpha value is -1.56. The number of rotatable bonds is 3. The number of nitrogens with zero attached hydrogens (tertiary/aromatic N) is 2. The lowest BCUT2D eigenvalue weighted by atomic mass is 10.1. The monoisotopic (exact) mass is 204 g/mol. The largest absolute Gasteiger partial charge is 0.310 e. The molecule has 0 saturated carbocycles. The van der Waals surface area contributed by atoms with Crippen molar-refractivity contribution in [2.45, 2.75) is 39.7 Å². The van der Waals surface area contributed by atoms with Crippen molar-refractivity contribution in [3.05, 3.63) is 33.7 Å². The lowest BCUT2D eigenvalue weighted by Gasteiger charge is -2.17. The van der Waals surface area contributed by atoms with E-state index in [0.717, 1.165) is 12.1 Å². The molecule has 1 aromatic rings. The molecular formula is C12H16N2O. The van der Waals surface area contributed by atoms with Gasteiger partial charge in [0.2, 0.25) is 0 Å². The smallest absolute Gasteiger partial charge is 0.255 e. The second-order valence-corrected chi connectivity index (χ2v) is 3.77. The molecule has 1 rings (SSSR count). The van der Waals surface area contributed by atoms with Gasteiger partial charge in [-0.3, -0.25) is 4.79 Å². The van der Waals surface area contributed by atoms with Gasteiger partial charge in [0.05, 0.1) is 12.5 Å². The molecule has 1 aromatic heterocycles. The van der Waals surface area contributed by atoms with Crippen molar-refractivity contribution in [2.24, 2.45) is 0 Å². The van der Waals surface area contributed by atoms with Crippen molar-refractivity contribution in [1.82, 2.24) is 4.57 Å². The molecule has 1 unspecified atom stereocenters. The normalized spacial score (nSPS) is 12.1. The number of pyridine rings is 1. The maximum absolute atomic E-state index is 12.0. The molecule has 0 bridgehead atoms. The van der Waals surface area contributed by atoms with Crippen LogP contribution in [0.4, 0.5) is 0 Å². The lowest BCUT2D eigenvalue weighted by molar-refractivity contribution is 0.500. The Labute approximate surface area is 90.0 Å².